The quantitative estimate of drug-likeness (QED) is 0.169. The van der Waals surface area contributed by atoms with Crippen molar-refractivity contribution in [3.05, 3.63) is 158 Å². The highest BCUT2D eigenvalue weighted by molar-refractivity contribution is 7.26. The molecule has 244 valence electrons. The molecule has 0 bridgehead atoms. The molecule has 13 aromatic rings. The van der Waals surface area contributed by atoms with Crippen LogP contribution in [0.25, 0.3) is 119 Å². The van der Waals surface area contributed by atoms with Crippen LogP contribution in [-0.4, -0.2) is 18.9 Å². The number of benzene rings is 8. The summed E-state index contributed by atoms with van der Waals surface area (Å²) in [6.07, 6.45) is 0. The molecule has 0 saturated carbocycles. The van der Waals surface area contributed by atoms with Gasteiger partial charge in [-0.05, 0) is 41.1 Å². The monoisotopic (exact) mass is 690 g/mol. The predicted molar refractivity (Wildman–Crippen MR) is 224 cm³/mol. The minimum Gasteiger partial charge on any atom is -0.306 e. The van der Waals surface area contributed by atoms with Crippen molar-refractivity contribution in [3.8, 4) is 17.1 Å². The topological polar surface area (TPSA) is 35.1 Å². The minimum absolute atomic E-state index is 0.831. The second-order valence-corrected chi connectivity index (χ2v) is 15.2. The van der Waals surface area contributed by atoms with Crippen LogP contribution in [0.1, 0.15) is 0 Å². The Hall–Kier alpha value is -6.82. The first kappa shape index (κ1) is 27.8. The van der Waals surface area contributed by atoms with Crippen molar-refractivity contribution in [1.29, 1.82) is 0 Å². The number of fused-ring (bicyclic) bond motifs is 12. The third-order valence-electron chi connectivity index (χ3n) is 11.4. The highest BCUT2D eigenvalue weighted by atomic mass is 32.1. The van der Waals surface area contributed by atoms with E-state index in [1.165, 1.54) is 69.0 Å². The second kappa shape index (κ2) is 9.94. The van der Waals surface area contributed by atoms with Gasteiger partial charge >= 0.3 is 0 Å². The summed E-state index contributed by atoms with van der Waals surface area (Å²) in [6.45, 7) is 0. The standard InChI is InChI=1S/C48H26N4S/c1-2-13-28(14-3-1)43-48(49-36-25-24-27-12-4-5-15-29(27)44(36)50-43)51-38-22-11-18-32-34-20-10-19-33-30-16-6-8-21-37(30)52(45(33)34)46-42(41(32)38)39(51)26-35-31-17-7-9-23-40(31)53-47(35)46/h1-26H. The molecule has 5 heterocycles. The fraction of sp³-hybridized carbons (Fsp3) is 0. The van der Waals surface area contributed by atoms with E-state index in [0.717, 1.165) is 49.9 Å². The number of aromatic nitrogens is 4. The molecule has 53 heavy (non-hydrogen) atoms. The molecule has 0 N–H and O–H groups in total. The van der Waals surface area contributed by atoms with Crippen LogP contribution in [0.4, 0.5) is 0 Å². The summed E-state index contributed by atoms with van der Waals surface area (Å²) in [5.41, 5.74) is 9.67. The van der Waals surface area contributed by atoms with Crippen LogP contribution in [0.15, 0.2) is 158 Å². The molecule has 8 aromatic carbocycles. The number of nitrogens with zero attached hydrogens (tertiary/aromatic N) is 4. The van der Waals surface area contributed by atoms with E-state index in [2.05, 4.69) is 167 Å². The maximum atomic E-state index is 5.60. The van der Waals surface area contributed by atoms with Crippen LogP contribution in [0.2, 0.25) is 0 Å². The van der Waals surface area contributed by atoms with E-state index in [9.17, 15) is 0 Å². The van der Waals surface area contributed by atoms with Crippen LogP contribution in [0.3, 0.4) is 0 Å². The SMILES string of the molecule is c1ccc(-c2nc3c(ccc4ccccc43)nc2-n2c3cccc4c5cccc6c7ccccc7n(c56)c5c6sc7ccccc7c6cc2c5c43)cc1. The average Bonchev–Trinajstić information content (AvgIpc) is 3.84. The van der Waals surface area contributed by atoms with E-state index in [0.29, 0.717) is 0 Å². The Kier molecular flexibility index (Phi) is 5.22. The van der Waals surface area contributed by atoms with Gasteiger partial charge in [-0.3, -0.25) is 4.57 Å². The molecule has 5 aromatic heterocycles. The highest BCUT2D eigenvalue weighted by Crippen LogP contribution is 2.49. The first-order valence-corrected chi connectivity index (χ1v) is 18.8. The number of thiophene rings is 1. The lowest BCUT2D eigenvalue weighted by molar-refractivity contribution is 1.08. The van der Waals surface area contributed by atoms with Crippen molar-refractivity contribution in [2.75, 3.05) is 0 Å². The van der Waals surface area contributed by atoms with Crippen molar-refractivity contribution in [2.45, 2.75) is 0 Å². The zero-order valence-corrected chi connectivity index (χ0v) is 29.0. The van der Waals surface area contributed by atoms with E-state index >= 15 is 0 Å². The van der Waals surface area contributed by atoms with Gasteiger partial charge in [0.15, 0.2) is 5.82 Å². The molecular weight excluding hydrogens is 665 g/mol. The van der Waals surface area contributed by atoms with E-state index in [1.807, 2.05) is 11.3 Å². The van der Waals surface area contributed by atoms with Gasteiger partial charge < -0.3 is 4.40 Å². The normalized spacial score (nSPS) is 12.5. The Morgan fingerprint density at radius 1 is 0.453 bits per heavy atom. The molecule has 0 radical (unpaired) electrons. The van der Waals surface area contributed by atoms with Crippen molar-refractivity contribution in [3.63, 3.8) is 0 Å². The Morgan fingerprint density at radius 2 is 1.15 bits per heavy atom. The molecule has 13 rings (SSSR count). The molecule has 0 aliphatic rings. The van der Waals surface area contributed by atoms with Gasteiger partial charge in [0.05, 0.1) is 43.3 Å². The number of hydrogen-bond donors (Lipinski definition) is 0. The Labute approximate surface area is 305 Å². The second-order valence-electron chi connectivity index (χ2n) is 14.1. The van der Waals surface area contributed by atoms with Gasteiger partial charge in [-0.25, -0.2) is 9.97 Å². The van der Waals surface area contributed by atoms with Gasteiger partial charge in [0.2, 0.25) is 0 Å². The number of rotatable bonds is 2. The fourth-order valence-electron chi connectivity index (χ4n) is 9.23. The van der Waals surface area contributed by atoms with Crippen molar-refractivity contribution < 1.29 is 0 Å². The van der Waals surface area contributed by atoms with Crippen molar-refractivity contribution >= 4 is 113 Å². The van der Waals surface area contributed by atoms with E-state index in [1.54, 1.807) is 0 Å². The van der Waals surface area contributed by atoms with Crippen LogP contribution < -0.4 is 0 Å². The predicted octanol–water partition coefficient (Wildman–Crippen LogP) is 13.1. The summed E-state index contributed by atoms with van der Waals surface area (Å²) in [4.78, 5) is 11.1. The molecule has 0 spiro atoms. The smallest absolute Gasteiger partial charge is 0.165 e. The van der Waals surface area contributed by atoms with Gasteiger partial charge in [0.1, 0.15) is 5.69 Å². The summed E-state index contributed by atoms with van der Waals surface area (Å²) < 4.78 is 7.56. The Bertz CT molecular complexity index is 3680. The number of para-hydroxylation sites is 2. The van der Waals surface area contributed by atoms with E-state index in [4.69, 9.17) is 9.97 Å². The maximum Gasteiger partial charge on any atom is 0.165 e. The van der Waals surface area contributed by atoms with E-state index < -0.39 is 0 Å². The molecule has 4 nitrogen and oxygen atoms in total. The fourth-order valence-corrected chi connectivity index (χ4v) is 10.5. The lowest BCUT2D eigenvalue weighted by Crippen LogP contribution is -2.04. The van der Waals surface area contributed by atoms with Crippen LogP contribution in [0.5, 0.6) is 0 Å². The summed E-state index contributed by atoms with van der Waals surface area (Å²) in [5, 5.41) is 12.3. The summed E-state index contributed by atoms with van der Waals surface area (Å²) in [7, 11) is 0. The van der Waals surface area contributed by atoms with Crippen molar-refractivity contribution in [1.82, 2.24) is 18.9 Å². The molecule has 0 aliphatic heterocycles. The summed E-state index contributed by atoms with van der Waals surface area (Å²) >= 11 is 1.90. The average molecular weight is 691 g/mol. The van der Waals surface area contributed by atoms with Gasteiger partial charge in [-0.15, -0.1) is 11.3 Å². The number of hydrogen-bond acceptors (Lipinski definition) is 3. The molecule has 0 atom stereocenters. The molecule has 0 unspecified atom stereocenters. The minimum atomic E-state index is 0.831. The molecule has 0 fully saturated rings. The lowest BCUT2D eigenvalue weighted by Gasteiger charge is -2.15. The largest absolute Gasteiger partial charge is 0.306 e. The van der Waals surface area contributed by atoms with E-state index in [-0.39, 0.29) is 0 Å². The van der Waals surface area contributed by atoms with Gasteiger partial charge in [0.25, 0.3) is 0 Å². The Balaban J connectivity index is 1.34. The molecule has 0 aliphatic carbocycles. The molecule has 0 amide bonds. The zero-order valence-electron chi connectivity index (χ0n) is 28.2. The first-order valence-electron chi connectivity index (χ1n) is 18.0. The van der Waals surface area contributed by atoms with Crippen LogP contribution in [-0.2, 0) is 0 Å². The van der Waals surface area contributed by atoms with Crippen LogP contribution in [0, 0.1) is 0 Å². The molecule has 0 saturated heterocycles. The first-order chi connectivity index (χ1) is 26.3. The highest BCUT2D eigenvalue weighted by Gasteiger charge is 2.27. The molecular formula is C48H26N4S. The van der Waals surface area contributed by atoms with Gasteiger partial charge in [-0.2, -0.15) is 0 Å². The Morgan fingerprint density at radius 3 is 2.06 bits per heavy atom. The van der Waals surface area contributed by atoms with Gasteiger partial charge in [-0.1, -0.05) is 127 Å². The molecule has 5 heteroatoms. The summed E-state index contributed by atoms with van der Waals surface area (Å²) in [6, 6.07) is 57.1. The maximum absolute atomic E-state index is 5.60. The van der Waals surface area contributed by atoms with Gasteiger partial charge in [0, 0.05) is 53.4 Å². The van der Waals surface area contributed by atoms with Crippen molar-refractivity contribution in [2.24, 2.45) is 0 Å². The third-order valence-corrected chi connectivity index (χ3v) is 12.6. The lowest BCUT2D eigenvalue weighted by atomic mass is 10.0. The van der Waals surface area contributed by atoms with Crippen LogP contribution >= 0.6 is 11.3 Å². The third kappa shape index (κ3) is 3.50. The zero-order chi connectivity index (χ0) is 34.4. The summed E-state index contributed by atoms with van der Waals surface area (Å²) in [5.74, 6) is 0.831.